The van der Waals surface area contributed by atoms with Gasteiger partial charge in [-0.2, -0.15) is 4.98 Å². The lowest BCUT2D eigenvalue weighted by molar-refractivity contribution is -0.125. The van der Waals surface area contributed by atoms with Crippen molar-refractivity contribution in [3.05, 3.63) is 51.5 Å². The zero-order valence-corrected chi connectivity index (χ0v) is 19.8. The van der Waals surface area contributed by atoms with Gasteiger partial charge in [-0.3, -0.25) is 19.0 Å². The molecule has 0 saturated carbocycles. The summed E-state index contributed by atoms with van der Waals surface area (Å²) >= 11 is 7.37. The van der Waals surface area contributed by atoms with Crippen LogP contribution in [-0.2, 0) is 22.7 Å². The Morgan fingerprint density at radius 3 is 2.88 bits per heavy atom. The molecule has 33 heavy (non-hydrogen) atoms. The minimum absolute atomic E-state index is 0.0478. The van der Waals surface area contributed by atoms with Crippen molar-refractivity contribution < 1.29 is 9.59 Å². The van der Waals surface area contributed by atoms with E-state index in [1.807, 2.05) is 30.0 Å². The molecule has 0 bridgehead atoms. The number of thiazole rings is 1. The fraction of sp³-hybridized carbons (Fsp3) is 0.409. The molecule has 1 atom stereocenters. The number of nitrogens with zero attached hydrogens (tertiary/aromatic N) is 4. The summed E-state index contributed by atoms with van der Waals surface area (Å²) in [4.78, 5) is 48.4. The maximum Gasteiger partial charge on any atom is 0.273 e. The Morgan fingerprint density at radius 2 is 2.09 bits per heavy atom. The van der Waals surface area contributed by atoms with Crippen LogP contribution < -0.4 is 21.1 Å². The first-order chi connectivity index (χ1) is 16.0. The first kappa shape index (κ1) is 23.2. The van der Waals surface area contributed by atoms with Crippen LogP contribution in [0.3, 0.4) is 0 Å². The topological polar surface area (TPSA) is 109 Å². The van der Waals surface area contributed by atoms with Crippen molar-refractivity contribution >= 4 is 50.2 Å². The minimum atomic E-state index is -0.316. The van der Waals surface area contributed by atoms with Crippen molar-refractivity contribution in [3.63, 3.8) is 0 Å². The van der Waals surface area contributed by atoms with Gasteiger partial charge in [0.2, 0.25) is 11.8 Å². The van der Waals surface area contributed by atoms with E-state index in [0.717, 1.165) is 24.9 Å². The number of benzene rings is 1. The number of hydrogen-bond acceptors (Lipinski definition) is 7. The molecule has 174 valence electrons. The van der Waals surface area contributed by atoms with E-state index in [2.05, 4.69) is 20.6 Å². The lowest BCUT2D eigenvalue weighted by Crippen LogP contribution is -2.43. The molecule has 11 heteroatoms. The van der Waals surface area contributed by atoms with Crippen LogP contribution in [-0.4, -0.2) is 46.0 Å². The second-order valence-corrected chi connectivity index (χ2v) is 9.26. The Labute approximate surface area is 199 Å². The second-order valence-electron chi connectivity index (χ2n) is 7.87. The summed E-state index contributed by atoms with van der Waals surface area (Å²) in [5.74, 6) is -0.368. The molecule has 3 aromatic rings. The summed E-state index contributed by atoms with van der Waals surface area (Å²) < 4.78 is 1.67. The standard InChI is InChI=1S/C22H25ClN6O3S/c1-2-24-20(31)15-7-5-9-28(11-15)22-27-19-18(33-22)21(32)29(13-26-19)12-17(30)25-10-14-6-3-4-8-16(14)23/h3-4,6,8,13,15H,2,5,7,9-12H2,1H3,(H,24,31)(H,25,30). The minimum Gasteiger partial charge on any atom is -0.356 e. The number of amides is 2. The van der Waals surface area contributed by atoms with E-state index in [4.69, 9.17) is 11.6 Å². The number of carbonyl (C=O) groups is 2. The summed E-state index contributed by atoms with van der Waals surface area (Å²) in [5, 5.41) is 6.90. The molecule has 9 nitrogen and oxygen atoms in total. The number of hydrogen-bond donors (Lipinski definition) is 2. The fourth-order valence-corrected chi connectivity index (χ4v) is 5.02. The number of aromatic nitrogens is 3. The predicted octanol–water partition coefficient (Wildman–Crippen LogP) is 2.18. The molecule has 1 fully saturated rings. The van der Waals surface area contributed by atoms with Gasteiger partial charge in [-0.05, 0) is 31.4 Å². The smallest absolute Gasteiger partial charge is 0.273 e. The molecule has 1 unspecified atom stereocenters. The van der Waals surface area contributed by atoms with Gasteiger partial charge in [0.25, 0.3) is 5.56 Å². The van der Waals surface area contributed by atoms with Crippen LogP contribution in [0.1, 0.15) is 25.3 Å². The van der Waals surface area contributed by atoms with Crippen LogP contribution in [0, 0.1) is 5.92 Å². The van der Waals surface area contributed by atoms with Crippen LogP contribution in [0.15, 0.2) is 35.4 Å². The Bertz CT molecular complexity index is 1230. The number of rotatable bonds is 7. The van der Waals surface area contributed by atoms with Crippen LogP contribution in [0.4, 0.5) is 5.13 Å². The summed E-state index contributed by atoms with van der Waals surface area (Å²) in [7, 11) is 0. The van der Waals surface area contributed by atoms with E-state index in [1.165, 1.54) is 22.2 Å². The fourth-order valence-electron chi connectivity index (χ4n) is 3.81. The number of nitrogens with one attached hydrogen (secondary N) is 2. The maximum atomic E-state index is 13.0. The van der Waals surface area contributed by atoms with Crippen LogP contribution in [0.25, 0.3) is 10.3 Å². The molecule has 0 spiro atoms. The molecule has 4 rings (SSSR count). The third-order valence-corrected chi connectivity index (χ3v) is 7.00. The number of anilines is 1. The summed E-state index contributed by atoms with van der Waals surface area (Å²) in [6.45, 7) is 3.96. The highest BCUT2D eigenvalue weighted by Crippen LogP contribution is 2.29. The predicted molar refractivity (Wildman–Crippen MR) is 129 cm³/mol. The quantitative estimate of drug-likeness (QED) is 0.527. The van der Waals surface area contributed by atoms with Gasteiger partial charge in [0, 0.05) is 31.2 Å². The first-order valence-electron chi connectivity index (χ1n) is 10.8. The lowest BCUT2D eigenvalue weighted by atomic mass is 9.97. The molecular formula is C22H25ClN6O3S. The van der Waals surface area contributed by atoms with Gasteiger partial charge in [0.1, 0.15) is 17.6 Å². The molecule has 3 heterocycles. The molecule has 1 aliphatic rings. The third kappa shape index (κ3) is 5.33. The highest BCUT2D eigenvalue weighted by atomic mass is 35.5. The van der Waals surface area contributed by atoms with Crippen LogP contribution in [0.2, 0.25) is 5.02 Å². The molecule has 2 aromatic heterocycles. The van der Waals surface area contributed by atoms with E-state index in [0.29, 0.717) is 33.6 Å². The average molecular weight is 489 g/mol. The summed E-state index contributed by atoms with van der Waals surface area (Å²) in [6, 6.07) is 7.26. The Balaban J connectivity index is 1.46. The summed E-state index contributed by atoms with van der Waals surface area (Å²) in [6.07, 6.45) is 3.06. The van der Waals surface area contributed by atoms with Gasteiger partial charge in [-0.25, -0.2) is 4.98 Å². The first-order valence-corrected chi connectivity index (χ1v) is 12.0. The molecule has 1 saturated heterocycles. The van der Waals surface area contributed by atoms with Crippen LogP contribution >= 0.6 is 22.9 Å². The monoisotopic (exact) mass is 488 g/mol. The Hall–Kier alpha value is -2.98. The maximum absolute atomic E-state index is 13.0. The van der Waals surface area contributed by atoms with Crippen molar-refractivity contribution in [2.45, 2.75) is 32.9 Å². The number of piperidine rings is 1. The zero-order valence-electron chi connectivity index (χ0n) is 18.2. The second kappa shape index (κ2) is 10.3. The van der Waals surface area contributed by atoms with Crippen LogP contribution in [0.5, 0.6) is 0 Å². The molecule has 1 aromatic carbocycles. The van der Waals surface area contributed by atoms with Crippen molar-refractivity contribution in [2.75, 3.05) is 24.5 Å². The SMILES string of the molecule is CCNC(=O)C1CCCN(c2nc3ncn(CC(=O)NCc4ccccc4Cl)c(=O)c3s2)C1. The summed E-state index contributed by atoms with van der Waals surface area (Å²) in [5.41, 5.74) is 0.842. The molecule has 2 N–H and O–H groups in total. The molecular weight excluding hydrogens is 464 g/mol. The molecule has 0 radical (unpaired) electrons. The number of carbonyl (C=O) groups excluding carboxylic acids is 2. The van der Waals surface area contributed by atoms with Gasteiger partial charge in [-0.1, -0.05) is 41.1 Å². The highest BCUT2D eigenvalue weighted by molar-refractivity contribution is 7.22. The third-order valence-electron chi connectivity index (χ3n) is 5.53. The van der Waals surface area contributed by atoms with Gasteiger partial charge >= 0.3 is 0 Å². The van der Waals surface area contributed by atoms with Gasteiger partial charge < -0.3 is 15.5 Å². The normalized spacial score (nSPS) is 16.1. The van der Waals surface area contributed by atoms with E-state index in [1.54, 1.807) is 6.07 Å². The number of fused-ring (bicyclic) bond motifs is 1. The molecule has 1 aliphatic heterocycles. The Kier molecular flexibility index (Phi) is 7.24. The van der Waals surface area contributed by atoms with E-state index in [9.17, 15) is 14.4 Å². The number of halogens is 1. The van der Waals surface area contributed by atoms with Gasteiger partial charge in [0.05, 0.1) is 5.92 Å². The van der Waals surface area contributed by atoms with Crippen molar-refractivity contribution in [1.29, 1.82) is 0 Å². The van der Waals surface area contributed by atoms with E-state index in [-0.39, 0.29) is 36.4 Å². The molecule has 0 aliphatic carbocycles. The van der Waals surface area contributed by atoms with Gasteiger partial charge in [-0.15, -0.1) is 0 Å². The zero-order chi connectivity index (χ0) is 23.4. The van der Waals surface area contributed by atoms with Crippen molar-refractivity contribution in [1.82, 2.24) is 25.2 Å². The highest BCUT2D eigenvalue weighted by Gasteiger charge is 2.27. The van der Waals surface area contributed by atoms with E-state index >= 15 is 0 Å². The lowest BCUT2D eigenvalue weighted by Gasteiger charge is -2.31. The van der Waals surface area contributed by atoms with Crippen molar-refractivity contribution in [3.8, 4) is 0 Å². The Morgan fingerprint density at radius 1 is 1.27 bits per heavy atom. The van der Waals surface area contributed by atoms with Crippen molar-refractivity contribution in [2.24, 2.45) is 5.92 Å². The van der Waals surface area contributed by atoms with E-state index < -0.39 is 0 Å². The molecule has 2 amide bonds. The van der Waals surface area contributed by atoms with Gasteiger partial charge in [0.15, 0.2) is 10.8 Å². The largest absolute Gasteiger partial charge is 0.356 e. The average Bonchev–Trinajstić information content (AvgIpc) is 3.26.